The van der Waals surface area contributed by atoms with Gasteiger partial charge in [0.15, 0.2) is 0 Å². The maximum absolute atomic E-state index is 13.6. The van der Waals surface area contributed by atoms with E-state index in [0.717, 1.165) is 0 Å². The summed E-state index contributed by atoms with van der Waals surface area (Å²) in [4.78, 5) is 26.3. The van der Waals surface area contributed by atoms with E-state index in [4.69, 9.17) is 4.74 Å². The van der Waals surface area contributed by atoms with Gasteiger partial charge in [-0.3, -0.25) is 9.69 Å². The summed E-state index contributed by atoms with van der Waals surface area (Å²) in [6, 6.07) is 11.4. The van der Waals surface area contributed by atoms with Crippen LogP contribution in [-0.2, 0) is 14.3 Å². The Morgan fingerprint density at radius 3 is 2.44 bits per heavy atom. The number of carbonyl (C=O) groups excluding carboxylic acids is 2. The fourth-order valence-electron chi connectivity index (χ4n) is 3.38. The van der Waals surface area contributed by atoms with E-state index in [0.29, 0.717) is 22.5 Å². The van der Waals surface area contributed by atoms with E-state index < -0.39 is 23.5 Å². The van der Waals surface area contributed by atoms with Gasteiger partial charge in [-0.05, 0) is 35.9 Å². The van der Waals surface area contributed by atoms with E-state index in [-0.39, 0.29) is 18.9 Å². The molecular weight excluding hydrogens is 328 g/mol. The lowest BCUT2D eigenvalue weighted by atomic mass is 9.84. The van der Waals surface area contributed by atoms with Crippen molar-refractivity contribution < 1.29 is 23.1 Å². The maximum atomic E-state index is 13.6. The normalized spacial score (nSPS) is 19.9. The SMILES string of the molecule is O=C1OCC2=C1C(c1cccc(F)c1)CC(=O)N2c1cccc(F)c1. The average Bonchev–Trinajstić information content (AvgIpc) is 2.96. The third kappa shape index (κ3) is 2.59. The van der Waals surface area contributed by atoms with Gasteiger partial charge in [0, 0.05) is 12.3 Å². The van der Waals surface area contributed by atoms with Crippen LogP contribution in [-0.4, -0.2) is 18.5 Å². The molecule has 1 amide bonds. The number of rotatable bonds is 2. The molecule has 0 N–H and O–H groups in total. The van der Waals surface area contributed by atoms with Gasteiger partial charge in [0.1, 0.15) is 18.2 Å². The molecule has 0 radical (unpaired) electrons. The Morgan fingerprint density at radius 2 is 1.72 bits per heavy atom. The van der Waals surface area contributed by atoms with Crippen LogP contribution in [0.2, 0.25) is 0 Å². The van der Waals surface area contributed by atoms with Gasteiger partial charge < -0.3 is 4.74 Å². The molecule has 2 aliphatic heterocycles. The zero-order valence-corrected chi connectivity index (χ0v) is 13.0. The quantitative estimate of drug-likeness (QED) is 0.788. The Hall–Kier alpha value is -3.02. The van der Waals surface area contributed by atoms with Gasteiger partial charge in [0.25, 0.3) is 0 Å². The van der Waals surface area contributed by atoms with Crippen LogP contribution in [0.5, 0.6) is 0 Å². The molecule has 0 aliphatic carbocycles. The third-order valence-electron chi connectivity index (χ3n) is 4.43. The molecule has 4 rings (SSSR count). The van der Waals surface area contributed by atoms with Crippen LogP contribution in [0.3, 0.4) is 0 Å². The van der Waals surface area contributed by atoms with Crippen LogP contribution in [0.1, 0.15) is 17.9 Å². The van der Waals surface area contributed by atoms with Crippen molar-refractivity contribution in [3.05, 3.63) is 77.0 Å². The second-order valence-electron chi connectivity index (χ2n) is 5.96. The molecule has 126 valence electrons. The number of anilines is 1. The monoisotopic (exact) mass is 341 g/mol. The Balaban J connectivity index is 1.84. The van der Waals surface area contributed by atoms with Gasteiger partial charge in [0.05, 0.1) is 17.0 Å². The Morgan fingerprint density at radius 1 is 1.00 bits per heavy atom. The van der Waals surface area contributed by atoms with Gasteiger partial charge in [0.2, 0.25) is 5.91 Å². The van der Waals surface area contributed by atoms with Gasteiger partial charge in [-0.15, -0.1) is 0 Å². The van der Waals surface area contributed by atoms with Crippen molar-refractivity contribution >= 4 is 17.6 Å². The first-order chi connectivity index (χ1) is 12.0. The molecule has 0 spiro atoms. The number of carbonyl (C=O) groups is 2. The smallest absolute Gasteiger partial charge is 0.336 e. The molecule has 0 aromatic heterocycles. The fraction of sp³-hybridized carbons (Fsp3) is 0.158. The highest BCUT2D eigenvalue weighted by Crippen LogP contribution is 2.41. The highest BCUT2D eigenvalue weighted by atomic mass is 19.1. The highest BCUT2D eigenvalue weighted by Gasteiger charge is 2.43. The van der Waals surface area contributed by atoms with Crippen LogP contribution in [0.4, 0.5) is 14.5 Å². The number of halogens is 2. The molecule has 1 unspecified atom stereocenters. The van der Waals surface area contributed by atoms with Crippen molar-refractivity contribution in [3.8, 4) is 0 Å². The van der Waals surface area contributed by atoms with Crippen molar-refractivity contribution in [1.29, 1.82) is 0 Å². The van der Waals surface area contributed by atoms with Crippen LogP contribution in [0.25, 0.3) is 0 Å². The minimum absolute atomic E-state index is 0.0199. The van der Waals surface area contributed by atoms with E-state index in [1.807, 2.05) is 0 Å². The van der Waals surface area contributed by atoms with Crippen LogP contribution in [0, 0.1) is 11.6 Å². The van der Waals surface area contributed by atoms with Crippen molar-refractivity contribution in [2.45, 2.75) is 12.3 Å². The largest absolute Gasteiger partial charge is 0.456 e. The molecule has 2 aromatic rings. The molecule has 0 saturated carbocycles. The summed E-state index contributed by atoms with van der Waals surface area (Å²) in [5.74, 6) is -2.32. The molecule has 25 heavy (non-hydrogen) atoms. The summed E-state index contributed by atoms with van der Waals surface area (Å²) >= 11 is 0. The standard InChI is InChI=1S/C19H13F2NO3/c20-12-4-1-3-11(7-12)15-9-17(23)22(14-6-2-5-13(21)8-14)16-10-25-19(24)18(15)16/h1-8,15H,9-10H2. The number of hydrogen-bond donors (Lipinski definition) is 0. The molecule has 2 heterocycles. The lowest BCUT2D eigenvalue weighted by Crippen LogP contribution is -2.37. The zero-order valence-electron chi connectivity index (χ0n) is 13.0. The summed E-state index contributed by atoms with van der Waals surface area (Å²) in [6.45, 7) is -0.0672. The minimum atomic E-state index is -0.571. The van der Waals surface area contributed by atoms with E-state index in [1.165, 1.54) is 41.3 Å². The number of nitrogens with zero attached hydrogens (tertiary/aromatic N) is 1. The molecule has 0 saturated heterocycles. The zero-order chi connectivity index (χ0) is 17.6. The van der Waals surface area contributed by atoms with E-state index >= 15 is 0 Å². The van der Waals surface area contributed by atoms with E-state index in [9.17, 15) is 18.4 Å². The number of amides is 1. The Labute approximate surface area is 142 Å². The van der Waals surface area contributed by atoms with Gasteiger partial charge >= 0.3 is 5.97 Å². The second-order valence-corrected chi connectivity index (χ2v) is 5.96. The van der Waals surface area contributed by atoms with Crippen LogP contribution < -0.4 is 4.90 Å². The first-order valence-corrected chi connectivity index (χ1v) is 7.79. The van der Waals surface area contributed by atoms with Crippen molar-refractivity contribution in [2.75, 3.05) is 11.5 Å². The number of esters is 1. The van der Waals surface area contributed by atoms with Gasteiger partial charge in [-0.1, -0.05) is 18.2 Å². The predicted molar refractivity (Wildman–Crippen MR) is 85.6 cm³/mol. The Kier molecular flexibility index (Phi) is 3.60. The topological polar surface area (TPSA) is 46.6 Å². The maximum Gasteiger partial charge on any atom is 0.336 e. The van der Waals surface area contributed by atoms with E-state index in [2.05, 4.69) is 0 Å². The summed E-state index contributed by atoms with van der Waals surface area (Å²) in [6.07, 6.45) is -0.0199. The molecule has 0 bridgehead atoms. The Bertz CT molecular complexity index is 922. The number of cyclic esters (lactones) is 1. The first kappa shape index (κ1) is 15.5. The fourth-order valence-corrected chi connectivity index (χ4v) is 3.38. The molecular formula is C19H13F2NO3. The molecule has 2 aliphatic rings. The summed E-state index contributed by atoms with van der Waals surface area (Å²) in [7, 11) is 0. The summed E-state index contributed by atoms with van der Waals surface area (Å²) in [5.41, 5.74) is 1.60. The summed E-state index contributed by atoms with van der Waals surface area (Å²) in [5, 5.41) is 0. The molecule has 0 fully saturated rings. The van der Waals surface area contributed by atoms with Crippen molar-refractivity contribution in [2.24, 2.45) is 0 Å². The third-order valence-corrected chi connectivity index (χ3v) is 4.43. The van der Waals surface area contributed by atoms with Crippen molar-refractivity contribution in [3.63, 3.8) is 0 Å². The molecule has 4 nitrogen and oxygen atoms in total. The van der Waals surface area contributed by atoms with Gasteiger partial charge in [-0.2, -0.15) is 0 Å². The molecule has 1 atom stereocenters. The summed E-state index contributed by atoms with van der Waals surface area (Å²) < 4.78 is 32.3. The number of ether oxygens (including phenoxy) is 1. The lowest BCUT2D eigenvalue weighted by Gasteiger charge is -2.31. The number of hydrogen-bond acceptors (Lipinski definition) is 3. The number of benzene rings is 2. The average molecular weight is 341 g/mol. The molecule has 6 heteroatoms. The molecule has 2 aromatic carbocycles. The second kappa shape index (κ2) is 5.81. The predicted octanol–water partition coefficient (Wildman–Crippen LogP) is 3.30. The minimum Gasteiger partial charge on any atom is -0.456 e. The van der Waals surface area contributed by atoms with Gasteiger partial charge in [-0.25, -0.2) is 13.6 Å². The van der Waals surface area contributed by atoms with E-state index in [1.54, 1.807) is 12.1 Å². The lowest BCUT2D eigenvalue weighted by molar-refractivity contribution is -0.136. The van der Waals surface area contributed by atoms with Crippen molar-refractivity contribution in [1.82, 2.24) is 0 Å². The first-order valence-electron chi connectivity index (χ1n) is 7.79. The highest BCUT2D eigenvalue weighted by molar-refractivity contribution is 6.06. The van der Waals surface area contributed by atoms with Crippen LogP contribution >= 0.6 is 0 Å². The van der Waals surface area contributed by atoms with Crippen LogP contribution in [0.15, 0.2) is 59.8 Å².